The molecule has 0 bridgehead atoms. The number of rotatable bonds is 9. The summed E-state index contributed by atoms with van der Waals surface area (Å²) in [4.78, 5) is 15.4. The van der Waals surface area contributed by atoms with Gasteiger partial charge in [0.25, 0.3) is 0 Å². The van der Waals surface area contributed by atoms with Crippen molar-refractivity contribution in [2.24, 2.45) is 5.10 Å². The number of benzene rings is 2. The van der Waals surface area contributed by atoms with Crippen molar-refractivity contribution in [3.63, 3.8) is 0 Å². The lowest BCUT2D eigenvalue weighted by Crippen LogP contribution is -2.37. The molecule has 0 saturated carbocycles. The minimum Gasteiger partial charge on any atom is -0.493 e. The van der Waals surface area contributed by atoms with Crippen molar-refractivity contribution < 1.29 is 18.6 Å². The Morgan fingerprint density at radius 1 is 1.06 bits per heavy atom. The van der Waals surface area contributed by atoms with Crippen LogP contribution in [0.15, 0.2) is 47.6 Å². The second-order valence-corrected chi connectivity index (χ2v) is 7.23. The first-order chi connectivity index (χ1) is 16.6. The van der Waals surface area contributed by atoms with Gasteiger partial charge in [0.05, 0.1) is 33.1 Å². The van der Waals surface area contributed by atoms with E-state index >= 15 is 0 Å². The summed E-state index contributed by atoms with van der Waals surface area (Å²) in [5, 5.41) is 7.35. The molecule has 2 heterocycles. The molecule has 1 aromatic heterocycles. The number of hydrazone groups is 1. The molecule has 4 rings (SSSR count). The van der Waals surface area contributed by atoms with E-state index in [-0.39, 0.29) is 11.8 Å². The maximum Gasteiger partial charge on any atom is 0.250 e. The van der Waals surface area contributed by atoms with Gasteiger partial charge >= 0.3 is 0 Å². The SMILES string of the molecule is CCOc1ccc(/C=N/Nc2nc(Nc3ccc(F)cc3)nc(N3CCOCC3)n2)cc1OC. The van der Waals surface area contributed by atoms with Crippen LogP contribution in [0.1, 0.15) is 12.5 Å². The summed E-state index contributed by atoms with van der Waals surface area (Å²) in [6.45, 7) is 4.96. The Hall–Kier alpha value is -3.99. The largest absolute Gasteiger partial charge is 0.493 e. The highest BCUT2D eigenvalue weighted by Gasteiger charge is 2.17. The number of anilines is 4. The highest BCUT2D eigenvalue weighted by atomic mass is 19.1. The number of nitrogens with zero attached hydrogens (tertiary/aromatic N) is 5. The van der Waals surface area contributed by atoms with Crippen LogP contribution >= 0.6 is 0 Å². The molecule has 0 aliphatic carbocycles. The molecule has 0 atom stereocenters. The van der Waals surface area contributed by atoms with E-state index in [1.54, 1.807) is 25.5 Å². The van der Waals surface area contributed by atoms with Crippen molar-refractivity contribution in [1.29, 1.82) is 0 Å². The number of nitrogens with one attached hydrogen (secondary N) is 2. The Morgan fingerprint density at radius 3 is 2.56 bits per heavy atom. The van der Waals surface area contributed by atoms with Gasteiger partial charge in [-0.05, 0) is 55.0 Å². The van der Waals surface area contributed by atoms with Gasteiger partial charge in [0.2, 0.25) is 17.8 Å². The van der Waals surface area contributed by atoms with Gasteiger partial charge in [-0.25, -0.2) is 9.82 Å². The molecule has 1 aliphatic rings. The van der Waals surface area contributed by atoms with Crippen LogP contribution in [-0.2, 0) is 4.74 Å². The minimum absolute atomic E-state index is 0.259. The van der Waals surface area contributed by atoms with Crippen molar-refractivity contribution in [3.05, 3.63) is 53.8 Å². The Labute approximate surface area is 196 Å². The number of morpholine rings is 1. The fourth-order valence-corrected chi connectivity index (χ4v) is 3.24. The monoisotopic (exact) mass is 467 g/mol. The standard InChI is InChI=1S/C23H26FN7O3/c1-3-34-19-9-4-16(14-20(19)32-2)15-25-30-22-27-21(26-18-7-5-17(24)6-8-18)28-23(29-22)31-10-12-33-13-11-31/h4-9,14-15H,3,10-13H2,1-2H3,(H2,26,27,28,29,30)/b25-15+. The van der Waals surface area contributed by atoms with E-state index < -0.39 is 0 Å². The van der Waals surface area contributed by atoms with E-state index in [1.165, 1.54) is 12.1 Å². The number of halogens is 1. The molecule has 0 amide bonds. The Balaban J connectivity index is 1.54. The molecule has 2 aromatic carbocycles. The summed E-state index contributed by atoms with van der Waals surface area (Å²) in [5.74, 6) is 2.02. The fourth-order valence-electron chi connectivity index (χ4n) is 3.24. The molecule has 0 spiro atoms. The lowest BCUT2D eigenvalue weighted by molar-refractivity contribution is 0.122. The number of ether oxygens (including phenoxy) is 3. The first-order valence-electron chi connectivity index (χ1n) is 10.9. The molecule has 1 fully saturated rings. The average molecular weight is 468 g/mol. The molecule has 1 aliphatic heterocycles. The maximum absolute atomic E-state index is 13.3. The third-order valence-corrected chi connectivity index (χ3v) is 4.88. The van der Waals surface area contributed by atoms with Gasteiger partial charge in [-0.15, -0.1) is 0 Å². The van der Waals surface area contributed by atoms with Crippen LogP contribution < -0.4 is 25.1 Å². The zero-order chi connectivity index (χ0) is 23.8. The van der Waals surface area contributed by atoms with Crippen LogP contribution in [-0.4, -0.2) is 61.2 Å². The molecule has 3 aromatic rings. The second kappa shape index (κ2) is 11.2. The van der Waals surface area contributed by atoms with Crippen molar-refractivity contribution in [2.75, 3.05) is 55.7 Å². The van der Waals surface area contributed by atoms with Crippen molar-refractivity contribution >= 4 is 29.7 Å². The van der Waals surface area contributed by atoms with Gasteiger partial charge in [0.1, 0.15) is 5.82 Å². The number of methoxy groups -OCH3 is 1. The van der Waals surface area contributed by atoms with Crippen molar-refractivity contribution in [1.82, 2.24) is 15.0 Å². The number of hydrogen-bond acceptors (Lipinski definition) is 10. The number of hydrogen-bond donors (Lipinski definition) is 2. The fraction of sp³-hybridized carbons (Fsp3) is 0.304. The van der Waals surface area contributed by atoms with Crippen LogP contribution in [0.3, 0.4) is 0 Å². The predicted octanol–water partition coefficient (Wildman–Crippen LogP) is 3.44. The summed E-state index contributed by atoms with van der Waals surface area (Å²) >= 11 is 0. The highest BCUT2D eigenvalue weighted by Crippen LogP contribution is 2.27. The van der Waals surface area contributed by atoms with Crippen molar-refractivity contribution in [2.45, 2.75) is 6.92 Å². The third kappa shape index (κ3) is 6.07. The Morgan fingerprint density at radius 2 is 1.82 bits per heavy atom. The van der Waals surface area contributed by atoms with Gasteiger partial charge in [-0.1, -0.05) is 0 Å². The molecular formula is C23H26FN7O3. The Kier molecular flexibility index (Phi) is 7.66. The summed E-state index contributed by atoms with van der Waals surface area (Å²) < 4.78 is 29.6. The van der Waals surface area contributed by atoms with Crippen LogP contribution in [0.5, 0.6) is 11.5 Å². The topological polar surface area (TPSA) is 106 Å². The van der Waals surface area contributed by atoms with Gasteiger partial charge in [0.15, 0.2) is 11.5 Å². The zero-order valence-electron chi connectivity index (χ0n) is 19.0. The molecule has 178 valence electrons. The predicted molar refractivity (Wildman–Crippen MR) is 128 cm³/mol. The first-order valence-corrected chi connectivity index (χ1v) is 10.9. The highest BCUT2D eigenvalue weighted by molar-refractivity contribution is 5.81. The minimum atomic E-state index is -0.321. The van der Waals surface area contributed by atoms with Crippen molar-refractivity contribution in [3.8, 4) is 11.5 Å². The average Bonchev–Trinajstić information content (AvgIpc) is 2.87. The van der Waals surface area contributed by atoms with Gasteiger partial charge in [-0.2, -0.15) is 20.1 Å². The van der Waals surface area contributed by atoms with Gasteiger partial charge < -0.3 is 24.4 Å². The quantitative estimate of drug-likeness (QED) is 0.361. The third-order valence-electron chi connectivity index (χ3n) is 4.88. The van der Waals surface area contributed by atoms with Crippen LogP contribution in [0, 0.1) is 5.82 Å². The molecule has 1 saturated heterocycles. The first kappa shape index (κ1) is 23.2. The smallest absolute Gasteiger partial charge is 0.250 e. The molecule has 11 heteroatoms. The van der Waals surface area contributed by atoms with E-state index in [0.29, 0.717) is 62.0 Å². The van der Waals surface area contributed by atoms with Gasteiger partial charge in [-0.3, -0.25) is 0 Å². The van der Waals surface area contributed by atoms with Crippen LogP contribution in [0.4, 0.5) is 27.9 Å². The summed E-state index contributed by atoms with van der Waals surface area (Å²) in [7, 11) is 1.59. The van der Waals surface area contributed by atoms with E-state index in [1.807, 2.05) is 30.0 Å². The number of aromatic nitrogens is 3. The van der Waals surface area contributed by atoms with E-state index in [4.69, 9.17) is 14.2 Å². The van der Waals surface area contributed by atoms with Crippen LogP contribution in [0.25, 0.3) is 0 Å². The molecule has 0 radical (unpaired) electrons. The molecule has 10 nitrogen and oxygen atoms in total. The normalized spacial score (nSPS) is 13.7. The molecule has 2 N–H and O–H groups in total. The molecular weight excluding hydrogens is 441 g/mol. The summed E-state index contributed by atoms with van der Waals surface area (Å²) in [5.41, 5.74) is 4.32. The maximum atomic E-state index is 13.3. The van der Waals surface area contributed by atoms with Crippen LogP contribution in [0.2, 0.25) is 0 Å². The molecule has 34 heavy (non-hydrogen) atoms. The lowest BCUT2D eigenvalue weighted by Gasteiger charge is -2.27. The Bertz CT molecular complexity index is 1120. The summed E-state index contributed by atoms with van der Waals surface area (Å²) in [6, 6.07) is 11.5. The van der Waals surface area contributed by atoms with Gasteiger partial charge in [0, 0.05) is 18.8 Å². The van der Waals surface area contributed by atoms with E-state index in [2.05, 4.69) is 30.8 Å². The zero-order valence-corrected chi connectivity index (χ0v) is 19.0. The van der Waals surface area contributed by atoms with E-state index in [0.717, 1.165) is 5.56 Å². The lowest BCUT2D eigenvalue weighted by atomic mass is 10.2. The molecule has 0 unspecified atom stereocenters. The summed E-state index contributed by atoms with van der Waals surface area (Å²) in [6.07, 6.45) is 1.63. The van der Waals surface area contributed by atoms with E-state index in [9.17, 15) is 4.39 Å². The second-order valence-electron chi connectivity index (χ2n) is 7.23.